The van der Waals surface area contributed by atoms with Gasteiger partial charge in [-0.3, -0.25) is 0 Å². The van der Waals surface area contributed by atoms with Gasteiger partial charge < -0.3 is 10.2 Å². The fourth-order valence-electron chi connectivity index (χ4n) is 2.57. The first-order valence-corrected chi connectivity index (χ1v) is 7.12. The predicted molar refractivity (Wildman–Crippen MR) is 82.1 cm³/mol. The molecule has 3 heteroatoms. The molecule has 0 heterocycles. The molecule has 0 aromatic heterocycles. The van der Waals surface area contributed by atoms with Crippen LogP contribution in [-0.4, -0.2) is 10.2 Å². The molecule has 0 radical (unpaired) electrons. The molecule has 0 aliphatic carbocycles. The number of nitrogens with zero attached hydrogens (tertiary/aromatic N) is 1. The minimum absolute atomic E-state index is 0.187. The van der Waals surface area contributed by atoms with Gasteiger partial charge in [-0.25, -0.2) is 0 Å². The van der Waals surface area contributed by atoms with Crippen LogP contribution >= 0.6 is 0 Å². The minimum atomic E-state index is -0.753. The van der Waals surface area contributed by atoms with E-state index in [0.717, 1.165) is 24.0 Å². The maximum atomic E-state index is 9.87. The van der Waals surface area contributed by atoms with Crippen molar-refractivity contribution in [3.63, 3.8) is 0 Å². The molecule has 0 spiro atoms. The number of hydrogen-bond donors (Lipinski definition) is 2. The average Bonchev–Trinajstić information content (AvgIpc) is 2.51. The molecule has 0 aliphatic heterocycles. The van der Waals surface area contributed by atoms with Gasteiger partial charge >= 0.3 is 0 Å². The average molecular weight is 281 g/mol. The fraction of sp³-hybridized carbons (Fsp3) is 0.278. The summed E-state index contributed by atoms with van der Waals surface area (Å²) in [7, 11) is 0. The Morgan fingerprint density at radius 1 is 0.905 bits per heavy atom. The van der Waals surface area contributed by atoms with Crippen molar-refractivity contribution in [1.82, 2.24) is 0 Å². The second-order valence-corrected chi connectivity index (χ2v) is 5.21. The van der Waals surface area contributed by atoms with Crippen LogP contribution in [0.1, 0.15) is 37.3 Å². The van der Waals surface area contributed by atoms with Gasteiger partial charge in [-0.2, -0.15) is 5.26 Å². The van der Waals surface area contributed by atoms with Gasteiger partial charge in [0.2, 0.25) is 0 Å². The van der Waals surface area contributed by atoms with E-state index in [-0.39, 0.29) is 11.5 Å². The summed E-state index contributed by atoms with van der Waals surface area (Å²) in [6.45, 7) is 2.09. The molecule has 0 fully saturated rings. The highest BCUT2D eigenvalue weighted by Crippen LogP contribution is 2.38. The first-order chi connectivity index (χ1) is 10.1. The lowest BCUT2D eigenvalue weighted by atomic mass is 9.72. The summed E-state index contributed by atoms with van der Waals surface area (Å²) in [5, 5.41) is 28.8. The molecule has 0 unspecified atom stereocenters. The summed E-state index contributed by atoms with van der Waals surface area (Å²) in [6.07, 6.45) is 2.63. The van der Waals surface area contributed by atoms with Gasteiger partial charge in [0.1, 0.15) is 16.9 Å². The topological polar surface area (TPSA) is 64.2 Å². The number of nitriles is 1. The number of unbranched alkanes of at least 4 members (excludes halogenated alkanes) is 1. The van der Waals surface area contributed by atoms with Gasteiger partial charge in [-0.15, -0.1) is 0 Å². The number of hydrogen-bond acceptors (Lipinski definition) is 3. The zero-order chi connectivity index (χ0) is 15.3. The van der Waals surface area contributed by atoms with Crippen molar-refractivity contribution in [3.05, 3.63) is 59.7 Å². The number of aromatic hydroxyl groups is 2. The molecule has 0 saturated heterocycles. The van der Waals surface area contributed by atoms with Crippen molar-refractivity contribution < 1.29 is 10.2 Å². The van der Waals surface area contributed by atoms with E-state index in [0.29, 0.717) is 6.42 Å². The third-order valence-corrected chi connectivity index (χ3v) is 3.82. The Balaban J connectivity index is 2.55. The summed E-state index contributed by atoms with van der Waals surface area (Å²) in [6, 6.07) is 16.0. The predicted octanol–water partition coefficient (Wildman–Crippen LogP) is 4.10. The molecule has 0 aliphatic rings. The molecule has 0 bridgehead atoms. The van der Waals surface area contributed by atoms with Crippen LogP contribution in [0.3, 0.4) is 0 Å². The zero-order valence-electron chi connectivity index (χ0n) is 12.1. The SMILES string of the molecule is CCCCC(C#N)(c1ccc(O)cc1)c1ccc(O)cc1. The van der Waals surface area contributed by atoms with Crippen LogP contribution in [0.5, 0.6) is 11.5 Å². The number of phenols is 2. The monoisotopic (exact) mass is 281 g/mol. The molecule has 0 amide bonds. The molecule has 21 heavy (non-hydrogen) atoms. The molecular weight excluding hydrogens is 262 g/mol. The van der Waals surface area contributed by atoms with Gasteiger partial charge in [0.25, 0.3) is 0 Å². The van der Waals surface area contributed by atoms with Crippen molar-refractivity contribution in [2.24, 2.45) is 0 Å². The summed E-state index contributed by atoms with van der Waals surface area (Å²) in [4.78, 5) is 0. The molecule has 0 atom stereocenters. The minimum Gasteiger partial charge on any atom is -0.508 e. The van der Waals surface area contributed by atoms with Crippen LogP contribution in [0.15, 0.2) is 48.5 Å². The van der Waals surface area contributed by atoms with Crippen LogP contribution in [0, 0.1) is 11.3 Å². The maximum Gasteiger partial charge on any atom is 0.115 e. The van der Waals surface area contributed by atoms with Crippen LogP contribution in [0.2, 0.25) is 0 Å². The van der Waals surface area contributed by atoms with E-state index in [4.69, 9.17) is 0 Å². The second kappa shape index (κ2) is 6.32. The first kappa shape index (κ1) is 14.9. The van der Waals surface area contributed by atoms with E-state index in [1.807, 2.05) is 0 Å². The largest absolute Gasteiger partial charge is 0.508 e. The third-order valence-electron chi connectivity index (χ3n) is 3.82. The van der Waals surface area contributed by atoms with Gasteiger partial charge in [0, 0.05) is 0 Å². The third kappa shape index (κ3) is 3.00. The fourth-order valence-corrected chi connectivity index (χ4v) is 2.57. The molecule has 2 aromatic carbocycles. The summed E-state index contributed by atoms with van der Waals surface area (Å²) < 4.78 is 0. The highest BCUT2D eigenvalue weighted by atomic mass is 16.3. The van der Waals surface area contributed by atoms with Crippen molar-refractivity contribution in [2.45, 2.75) is 31.6 Å². The van der Waals surface area contributed by atoms with Gasteiger partial charge in [0.15, 0.2) is 0 Å². The summed E-state index contributed by atoms with van der Waals surface area (Å²) >= 11 is 0. The molecule has 2 aromatic rings. The number of phenolic OH excluding ortho intramolecular Hbond substituents is 2. The van der Waals surface area contributed by atoms with E-state index in [1.165, 1.54) is 0 Å². The Morgan fingerprint density at radius 3 is 1.67 bits per heavy atom. The highest BCUT2D eigenvalue weighted by Gasteiger charge is 2.33. The van der Waals surface area contributed by atoms with Crippen LogP contribution in [-0.2, 0) is 5.41 Å². The maximum absolute atomic E-state index is 9.87. The van der Waals surface area contributed by atoms with Crippen LogP contribution in [0.25, 0.3) is 0 Å². The molecule has 0 saturated carbocycles. The summed E-state index contributed by atoms with van der Waals surface area (Å²) in [5.41, 5.74) is 0.973. The molecular formula is C18H19NO2. The Morgan fingerprint density at radius 2 is 1.33 bits per heavy atom. The Bertz CT molecular complexity index is 578. The Kier molecular flexibility index (Phi) is 4.49. The number of rotatable bonds is 5. The summed E-state index contributed by atoms with van der Waals surface area (Å²) in [5.74, 6) is 0.374. The van der Waals surface area contributed by atoms with Gasteiger partial charge in [-0.1, -0.05) is 44.0 Å². The van der Waals surface area contributed by atoms with Crippen LogP contribution in [0.4, 0.5) is 0 Å². The van der Waals surface area contributed by atoms with Gasteiger partial charge in [0.05, 0.1) is 6.07 Å². The molecule has 108 valence electrons. The molecule has 2 rings (SSSR count). The lowest BCUT2D eigenvalue weighted by molar-refractivity contribution is 0.473. The van der Waals surface area contributed by atoms with E-state index < -0.39 is 5.41 Å². The normalized spacial score (nSPS) is 11.0. The second-order valence-electron chi connectivity index (χ2n) is 5.21. The van der Waals surface area contributed by atoms with Crippen molar-refractivity contribution in [3.8, 4) is 17.6 Å². The van der Waals surface area contributed by atoms with E-state index in [1.54, 1.807) is 48.5 Å². The molecule has 3 nitrogen and oxygen atoms in total. The van der Waals surface area contributed by atoms with Gasteiger partial charge in [-0.05, 0) is 41.8 Å². The van der Waals surface area contributed by atoms with Crippen molar-refractivity contribution in [2.75, 3.05) is 0 Å². The lowest BCUT2D eigenvalue weighted by Crippen LogP contribution is -2.25. The Labute approximate surface area is 125 Å². The van der Waals surface area contributed by atoms with Crippen LogP contribution < -0.4 is 0 Å². The highest BCUT2D eigenvalue weighted by molar-refractivity contribution is 5.48. The van der Waals surface area contributed by atoms with E-state index in [9.17, 15) is 15.5 Å². The smallest absolute Gasteiger partial charge is 0.115 e. The van der Waals surface area contributed by atoms with E-state index in [2.05, 4.69) is 13.0 Å². The van der Waals surface area contributed by atoms with Crippen molar-refractivity contribution in [1.29, 1.82) is 5.26 Å². The number of benzene rings is 2. The standard InChI is InChI=1S/C18H19NO2/c1-2-3-12-18(13-19,14-4-8-16(20)9-5-14)15-6-10-17(21)11-7-15/h4-11,20-21H,2-3,12H2,1H3. The zero-order valence-corrected chi connectivity index (χ0v) is 12.1. The quantitative estimate of drug-likeness (QED) is 0.867. The van der Waals surface area contributed by atoms with Crippen molar-refractivity contribution >= 4 is 0 Å². The first-order valence-electron chi connectivity index (χ1n) is 7.12. The lowest BCUT2D eigenvalue weighted by Gasteiger charge is -2.28. The Hall–Kier alpha value is -2.47. The molecule has 2 N–H and O–H groups in total. The van der Waals surface area contributed by atoms with E-state index >= 15 is 0 Å².